The number of anilines is 1. The highest BCUT2D eigenvalue weighted by molar-refractivity contribution is 5.91. The summed E-state index contributed by atoms with van der Waals surface area (Å²) < 4.78 is 7.28. The maximum atomic E-state index is 12.8. The Kier molecular flexibility index (Phi) is 6.71. The van der Waals surface area contributed by atoms with Crippen LogP contribution < -0.4 is 5.32 Å². The molecule has 1 aliphatic rings. The van der Waals surface area contributed by atoms with E-state index < -0.39 is 5.60 Å². The second-order valence-corrected chi connectivity index (χ2v) is 9.57. The van der Waals surface area contributed by atoms with Crippen LogP contribution in [0.15, 0.2) is 18.5 Å². The zero-order valence-electron chi connectivity index (χ0n) is 19.4. The van der Waals surface area contributed by atoms with Crippen molar-refractivity contribution in [2.24, 2.45) is 5.92 Å². The molecular weight excluding hydrogens is 396 g/mol. The van der Waals surface area contributed by atoms with Gasteiger partial charge in [-0.3, -0.25) is 0 Å². The average molecular weight is 431 g/mol. The average Bonchev–Trinajstić information content (AvgIpc) is 3.10. The van der Waals surface area contributed by atoms with Crippen LogP contribution in [-0.4, -0.2) is 69.0 Å². The van der Waals surface area contributed by atoms with E-state index in [1.807, 2.05) is 31.5 Å². The molecule has 0 radical (unpaired) electrons. The molecule has 0 bridgehead atoms. The van der Waals surface area contributed by atoms with E-state index in [4.69, 9.17) is 4.74 Å². The van der Waals surface area contributed by atoms with Gasteiger partial charge in [-0.05, 0) is 59.4 Å². The highest BCUT2D eigenvalue weighted by atomic mass is 16.6. The molecule has 1 unspecified atom stereocenters. The maximum absolute atomic E-state index is 12.8. The Morgan fingerprint density at radius 1 is 1.32 bits per heavy atom. The van der Waals surface area contributed by atoms with Crippen LogP contribution in [0.5, 0.6) is 0 Å². The summed E-state index contributed by atoms with van der Waals surface area (Å²) in [7, 11) is 1.74. The number of likely N-dealkylation sites (tertiary alicyclic amines) is 1. The van der Waals surface area contributed by atoms with Crippen LogP contribution in [-0.2, 0) is 4.74 Å². The van der Waals surface area contributed by atoms with Gasteiger partial charge in [0.1, 0.15) is 5.60 Å². The first-order valence-corrected chi connectivity index (χ1v) is 10.9. The normalized spacial score (nSPS) is 17.1. The van der Waals surface area contributed by atoms with Crippen LogP contribution in [0.2, 0.25) is 0 Å². The van der Waals surface area contributed by atoms with Crippen molar-refractivity contribution in [2.45, 2.75) is 59.1 Å². The molecular formula is C22H34N6O3. The van der Waals surface area contributed by atoms with E-state index in [2.05, 4.69) is 29.2 Å². The fourth-order valence-electron chi connectivity index (χ4n) is 3.79. The minimum absolute atomic E-state index is 0.151. The largest absolute Gasteiger partial charge is 0.444 e. The van der Waals surface area contributed by atoms with Crippen LogP contribution in [0.1, 0.15) is 53.5 Å². The summed E-state index contributed by atoms with van der Waals surface area (Å²) in [5.41, 5.74) is 0.926. The lowest BCUT2D eigenvalue weighted by Crippen LogP contribution is -2.46. The molecule has 2 aromatic rings. The first-order valence-electron chi connectivity index (χ1n) is 10.9. The molecule has 1 aliphatic heterocycles. The summed E-state index contributed by atoms with van der Waals surface area (Å²) in [5, 5.41) is 8.21. The number of hydrogen-bond acceptors (Lipinski definition) is 5. The summed E-state index contributed by atoms with van der Waals surface area (Å²) >= 11 is 0. The second-order valence-electron chi connectivity index (χ2n) is 9.57. The van der Waals surface area contributed by atoms with Gasteiger partial charge in [0.25, 0.3) is 0 Å². The number of rotatable bonds is 4. The topological polar surface area (TPSA) is 92.6 Å². The molecule has 31 heavy (non-hydrogen) atoms. The molecule has 0 aromatic carbocycles. The first-order chi connectivity index (χ1) is 14.5. The summed E-state index contributed by atoms with van der Waals surface area (Å²) in [4.78, 5) is 32.9. The van der Waals surface area contributed by atoms with Gasteiger partial charge in [0.2, 0.25) is 0 Å². The predicted molar refractivity (Wildman–Crippen MR) is 120 cm³/mol. The molecule has 9 nitrogen and oxygen atoms in total. The Bertz CT molecular complexity index is 933. The van der Waals surface area contributed by atoms with Crippen molar-refractivity contribution in [1.82, 2.24) is 24.6 Å². The van der Waals surface area contributed by atoms with E-state index in [0.717, 1.165) is 23.9 Å². The number of pyridine rings is 1. The second kappa shape index (κ2) is 9.11. The Balaban J connectivity index is 1.58. The van der Waals surface area contributed by atoms with Crippen LogP contribution in [0.3, 0.4) is 0 Å². The van der Waals surface area contributed by atoms with E-state index in [-0.39, 0.29) is 24.1 Å². The van der Waals surface area contributed by atoms with Crippen molar-refractivity contribution in [3.63, 3.8) is 0 Å². The monoisotopic (exact) mass is 430 g/mol. The van der Waals surface area contributed by atoms with Crippen molar-refractivity contribution in [3.05, 3.63) is 18.5 Å². The third-order valence-corrected chi connectivity index (χ3v) is 5.22. The van der Waals surface area contributed by atoms with Crippen LogP contribution in [0.4, 0.5) is 15.3 Å². The number of fused-ring (bicyclic) bond motifs is 1. The molecule has 170 valence electrons. The number of urea groups is 1. The number of hydrogen-bond donors (Lipinski definition) is 1. The molecule has 0 saturated carbocycles. The third-order valence-electron chi connectivity index (χ3n) is 5.22. The molecule has 1 saturated heterocycles. The number of nitrogens with zero attached hydrogens (tertiary/aromatic N) is 5. The highest BCUT2D eigenvalue weighted by Crippen LogP contribution is 2.22. The molecule has 1 N–H and O–H groups in total. The predicted octanol–water partition coefficient (Wildman–Crippen LogP) is 4.12. The summed E-state index contributed by atoms with van der Waals surface area (Å²) in [6.07, 6.45) is 4.97. The lowest BCUT2D eigenvalue weighted by molar-refractivity contribution is 0.0253. The van der Waals surface area contributed by atoms with Crippen LogP contribution in [0.25, 0.3) is 11.0 Å². The molecule has 3 heterocycles. The lowest BCUT2D eigenvalue weighted by atomic mass is 9.98. The number of ether oxygens (including phenoxy) is 1. The fourth-order valence-corrected chi connectivity index (χ4v) is 3.79. The fraction of sp³-hybridized carbons (Fsp3) is 0.636. The minimum Gasteiger partial charge on any atom is -0.444 e. The maximum Gasteiger partial charge on any atom is 0.410 e. The Morgan fingerprint density at radius 2 is 2.06 bits per heavy atom. The zero-order valence-corrected chi connectivity index (χ0v) is 19.4. The quantitative estimate of drug-likeness (QED) is 0.787. The van der Waals surface area contributed by atoms with Gasteiger partial charge in [0.05, 0.1) is 18.1 Å². The third kappa shape index (κ3) is 5.86. The minimum atomic E-state index is -0.523. The molecule has 3 amide bonds. The van der Waals surface area contributed by atoms with E-state index in [1.54, 1.807) is 29.2 Å². The molecule has 2 aromatic heterocycles. The van der Waals surface area contributed by atoms with E-state index in [1.165, 1.54) is 0 Å². The van der Waals surface area contributed by atoms with E-state index >= 15 is 0 Å². The van der Waals surface area contributed by atoms with Gasteiger partial charge in [-0.1, -0.05) is 0 Å². The molecule has 1 atom stereocenters. The van der Waals surface area contributed by atoms with Crippen LogP contribution in [0, 0.1) is 5.92 Å². The molecule has 1 fully saturated rings. The van der Waals surface area contributed by atoms with Crippen molar-refractivity contribution in [2.75, 3.05) is 32.0 Å². The zero-order chi connectivity index (χ0) is 22.8. The van der Waals surface area contributed by atoms with Gasteiger partial charge in [0, 0.05) is 38.1 Å². The van der Waals surface area contributed by atoms with Gasteiger partial charge < -0.3 is 19.9 Å². The molecule has 0 spiro atoms. The van der Waals surface area contributed by atoms with Crippen LogP contribution >= 0.6 is 0 Å². The number of amides is 3. The number of nitrogens with one attached hydrogen (secondary N) is 1. The Morgan fingerprint density at radius 3 is 2.74 bits per heavy atom. The molecule has 0 aliphatic carbocycles. The number of piperidine rings is 1. The SMILES string of the molecule is CC(C)n1ncc2cc(NC(=O)N3CCCC(CN(C)C(=O)OC(C)(C)C)C3)cnc21. The van der Waals surface area contributed by atoms with Crippen molar-refractivity contribution in [3.8, 4) is 0 Å². The standard InChI is InChI=1S/C22H34N6O3/c1-15(2)28-19-17(11-24-28)10-18(12-23-19)25-20(29)27-9-7-8-16(14-27)13-26(6)21(30)31-22(3,4)5/h10-12,15-16H,7-9,13-14H2,1-6H3,(H,25,29). The van der Waals surface area contributed by atoms with Gasteiger partial charge in [-0.2, -0.15) is 5.10 Å². The molecule has 9 heteroatoms. The van der Waals surface area contributed by atoms with Gasteiger partial charge >= 0.3 is 12.1 Å². The Hall–Kier alpha value is -2.84. The number of carbonyl (C=O) groups is 2. The van der Waals surface area contributed by atoms with E-state index in [0.29, 0.717) is 25.3 Å². The highest BCUT2D eigenvalue weighted by Gasteiger charge is 2.27. The number of carbonyl (C=O) groups excluding carboxylic acids is 2. The molecule has 3 rings (SSSR count). The van der Waals surface area contributed by atoms with Crippen molar-refractivity contribution in [1.29, 1.82) is 0 Å². The summed E-state index contributed by atoms with van der Waals surface area (Å²) in [5.74, 6) is 0.210. The van der Waals surface area contributed by atoms with Gasteiger partial charge in [-0.25, -0.2) is 19.3 Å². The number of aromatic nitrogens is 3. The summed E-state index contributed by atoms with van der Waals surface area (Å²) in [6, 6.07) is 1.96. The van der Waals surface area contributed by atoms with E-state index in [9.17, 15) is 9.59 Å². The lowest BCUT2D eigenvalue weighted by Gasteiger charge is -2.35. The van der Waals surface area contributed by atoms with Gasteiger partial charge in [0.15, 0.2) is 5.65 Å². The first kappa shape index (κ1) is 22.8. The summed E-state index contributed by atoms with van der Waals surface area (Å²) in [6.45, 7) is 11.5. The van der Waals surface area contributed by atoms with Crippen molar-refractivity contribution < 1.29 is 14.3 Å². The van der Waals surface area contributed by atoms with Gasteiger partial charge in [-0.15, -0.1) is 0 Å². The van der Waals surface area contributed by atoms with Crippen molar-refractivity contribution >= 4 is 28.8 Å². The Labute approximate surface area is 183 Å². The smallest absolute Gasteiger partial charge is 0.410 e.